The molecule has 2 aliphatic rings. The summed E-state index contributed by atoms with van der Waals surface area (Å²) in [7, 11) is 1.99. The molecular weight excluding hydrogens is 322 g/mol. The molecule has 0 aromatic carbocycles. The van der Waals surface area contributed by atoms with Crippen LogP contribution in [-0.2, 0) is 13.5 Å². The molecule has 1 aliphatic carbocycles. The van der Waals surface area contributed by atoms with Crippen molar-refractivity contribution in [1.29, 1.82) is 0 Å². The van der Waals surface area contributed by atoms with Gasteiger partial charge in [0.2, 0.25) is 0 Å². The van der Waals surface area contributed by atoms with E-state index in [1.165, 1.54) is 36.2 Å². The molecule has 5 heteroatoms. The van der Waals surface area contributed by atoms with Gasteiger partial charge in [-0.2, -0.15) is 5.10 Å². The van der Waals surface area contributed by atoms with Crippen molar-refractivity contribution < 1.29 is 0 Å². The Labute approximate surface area is 156 Å². The van der Waals surface area contributed by atoms with Crippen LogP contribution in [0.1, 0.15) is 69.4 Å². The monoisotopic (exact) mass is 353 g/mol. The number of aromatic amines is 1. The van der Waals surface area contributed by atoms with E-state index in [9.17, 15) is 0 Å². The Hall–Kier alpha value is -1.88. The van der Waals surface area contributed by atoms with E-state index in [2.05, 4.69) is 46.9 Å². The highest BCUT2D eigenvalue weighted by atomic mass is 15.3. The fraction of sp³-hybridized carbons (Fsp3) is 0.619. The van der Waals surface area contributed by atoms with E-state index in [0.717, 1.165) is 25.9 Å². The minimum Gasteiger partial charge on any atom is -0.348 e. The van der Waals surface area contributed by atoms with Crippen molar-refractivity contribution in [3.8, 4) is 0 Å². The zero-order chi connectivity index (χ0) is 18.3. The zero-order valence-electron chi connectivity index (χ0n) is 16.5. The molecule has 1 aliphatic heterocycles. The van der Waals surface area contributed by atoms with Crippen LogP contribution in [0.5, 0.6) is 0 Å². The van der Waals surface area contributed by atoms with Crippen molar-refractivity contribution in [3.63, 3.8) is 0 Å². The second kappa shape index (κ2) is 6.69. The van der Waals surface area contributed by atoms with Crippen LogP contribution in [0, 0.1) is 5.41 Å². The average molecular weight is 354 g/mol. The quantitative estimate of drug-likeness (QED) is 0.845. The molecule has 2 aromatic heterocycles. The fourth-order valence-electron chi connectivity index (χ4n) is 5.00. The molecule has 2 aromatic rings. The van der Waals surface area contributed by atoms with Crippen molar-refractivity contribution in [1.82, 2.24) is 24.6 Å². The average Bonchev–Trinajstić information content (AvgIpc) is 3.22. The lowest BCUT2D eigenvalue weighted by Crippen LogP contribution is -2.37. The highest BCUT2D eigenvalue weighted by Crippen LogP contribution is 2.42. The molecular formula is C21H31N5. The van der Waals surface area contributed by atoms with Crippen LogP contribution >= 0.6 is 0 Å². The molecule has 140 valence electrons. The summed E-state index contributed by atoms with van der Waals surface area (Å²) < 4.78 is 1.89. The number of hydrogen-bond donors (Lipinski definition) is 1. The summed E-state index contributed by atoms with van der Waals surface area (Å²) in [6, 6.07) is 0.214. The number of H-pyrrole nitrogens is 1. The van der Waals surface area contributed by atoms with Gasteiger partial charge in [-0.3, -0.25) is 9.58 Å². The molecule has 0 saturated heterocycles. The van der Waals surface area contributed by atoms with Crippen LogP contribution in [0.2, 0.25) is 0 Å². The maximum atomic E-state index is 4.67. The van der Waals surface area contributed by atoms with Gasteiger partial charge < -0.3 is 4.98 Å². The first-order valence-electron chi connectivity index (χ1n) is 9.89. The van der Waals surface area contributed by atoms with E-state index in [1.807, 2.05) is 24.3 Å². The normalized spacial score (nSPS) is 23.3. The topological polar surface area (TPSA) is 49.7 Å². The molecule has 0 unspecified atom stereocenters. The molecule has 3 heterocycles. The van der Waals surface area contributed by atoms with Crippen molar-refractivity contribution in [3.05, 3.63) is 46.8 Å². The number of hydrogen-bond acceptors (Lipinski definition) is 3. The van der Waals surface area contributed by atoms with E-state index in [0.29, 0.717) is 5.41 Å². The lowest BCUT2D eigenvalue weighted by Gasteiger charge is -2.38. The van der Waals surface area contributed by atoms with E-state index >= 15 is 0 Å². The minimum absolute atomic E-state index is 0.214. The molecule has 0 saturated carbocycles. The van der Waals surface area contributed by atoms with Gasteiger partial charge in [0.25, 0.3) is 0 Å². The van der Waals surface area contributed by atoms with Crippen LogP contribution in [0.15, 0.2) is 29.9 Å². The summed E-state index contributed by atoms with van der Waals surface area (Å²) in [4.78, 5) is 10.6. The van der Waals surface area contributed by atoms with Crippen molar-refractivity contribution in [2.24, 2.45) is 12.5 Å². The Balaban J connectivity index is 1.59. The van der Waals surface area contributed by atoms with E-state index in [4.69, 9.17) is 0 Å². The number of nitrogens with zero attached hydrogens (tertiary/aromatic N) is 4. The highest BCUT2D eigenvalue weighted by Gasteiger charge is 2.33. The summed E-state index contributed by atoms with van der Waals surface area (Å²) in [6.45, 7) is 9.34. The van der Waals surface area contributed by atoms with Gasteiger partial charge in [0.15, 0.2) is 0 Å². The number of allylic oxidation sites excluding steroid dienone is 1. The van der Waals surface area contributed by atoms with Gasteiger partial charge >= 0.3 is 0 Å². The Kier molecular flexibility index (Phi) is 4.51. The number of fused-ring (bicyclic) bond motifs is 1. The molecule has 0 radical (unpaired) electrons. The molecule has 1 N–H and O–H groups in total. The molecule has 0 amide bonds. The van der Waals surface area contributed by atoms with Crippen LogP contribution in [0.3, 0.4) is 0 Å². The van der Waals surface area contributed by atoms with Crippen molar-refractivity contribution >= 4 is 0 Å². The fourth-order valence-corrected chi connectivity index (χ4v) is 5.00. The third-order valence-electron chi connectivity index (χ3n) is 6.40. The number of aromatic nitrogens is 4. The first kappa shape index (κ1) is 17.5. The first-order chi connectivity index (χ1) is 12.5. The van der Waals surface area contributed by atoms with Gasteiger partial charge in [-0.25, -0.2) is 4.98 Å². The van der Waals surface area contributed by atoms with Gasteiger partial charge in [0, 0.05) is 44.0 Å². The predicted octanol–water partition coefficient (Wildman–Crippen LogP) is 4.01. The smallest absolute Gasteiger partial charge is 0.0926 e. The number of aryl methyl sites for hydroxylation is 1. The van der Waals surface area contributed by atoms with Crippen molar-refractivity contribution in [2.75, 3.05) is 13.1 Å². The maximum Gasteiger partial charge on any atom is 0.0926 e. The largest absolute Gasteiger partial charge is 0.348 e. The SMILES string of the molecule is CC1=C(CCN2CCc3[nH]cnc3[C@@H]2c2cnn(C)c2)C(C)(C)CCC1. The van der Waals surface area contributed by atoms with Crippen LogP contribution < -0.4 is 0 Å². The Morgan fingerprint density at radius 1 is 1.31 bits per heavy atom. The summed E-state index contributed by atoms with van der Waals surface area (Å²) in [5.74, 6) is 0. The predicted molar refractivity (Wildman–Crippen MR) is 104 cm³/mol. The van der Waals surface area contributed by atoms with Crippen LogP contribution in [-0.4, -0.2) is 37.7 Å². The van der Waals surface area contributed by atoms with Crippen LogP contribution in [0.25, 0.3) is 0 Å². The molecule has 5 nitrogen and oxygen atoms in total. The summed E-state index contributed by atoms with van der Waals surface area (Å²) in [5.41, 5.74) is 7.35. The first-order valence-corrected chi connectivity index (χ1v) is 9.89. The Morgan fingerprint density at radius 2 is 2.15 bits per heavy atom. The minimum atomic E-state index is 0.214. The summed E-state index contributed by atoms with van der Waals surface area (Å²) in [6.07, 6.45) is 12.1. The van der Waals surface area contributed by atoms with Gasteiger partial charge in [-0.05, 0) is 38.0 Å². The number of imidazole rings is 1. The maximum absolute atomic E-state index is 4.67. The Bertz CT molecular complexity index is 810. The van der Waals surface area contributed by atoms with Gasteiger partial charge in [-0.15, -0.1) is 0 Å². The summed E-state index contributed by atoms with van der Waals surface area (Å²) >= 11 is 0. The van der Waals surface area contributed by atoms with Crippen molar-refractivity contribution in [2.45, 2.75) is 58.9 Å². The zero-order valence-corrected chi connectivity index (χ0v) is 16.5. The van der Waals surface area contributed by atoms with E-state index in [1.54, 1.807) is 11.1 Å². The summed E-state index contributed by atoms with van der Waals surface area (Å²) in [5, 5.41) is 4.41. The van der Waals surface area contributed by atoms with E-state index < -0.39 is 0 Å². The number of nitrogens with one attached hydrogen (secondary N) is 1. The second-order valence-electron chi connectivity index (χ2n) is 8.65. The molecule has 26 heavy (non-hydrogen) atoms. The van der Waals surface area contributed by atoms with Gasteiger partial charge in [0.05, 0.1) is 24.3 Å². The molecule has 4 rings (SSSR count). The lowest BCUT2D eigenvalue weighted by atomic mass is 9.71. The third-order valence-corrected chi connectivity index (χ3v) is 6.40. The molecule has 0 fully saturated rings. The second-order valence-corrected chi connectivity index (χ2v) is 8.65. The van der Waals surface area contributed by atoms with Gasteiger partial charge in [0.1, 0.15) is 0 Å². The molecule has 0 bridgehead atoms. The lowest BCUT2D eigenvalue weighted by molar-refractivity contribution is 0.204. The molecule has 1 atom stereocenters. The van der Waals surface area contributed by atoms with E-state index in [-0.39, 0.29) is 6.04 Å². The third kappa shape index (κ3) is 3.13. The standard InChI is InChI=1S/C21H31N5/c1-15-6-5-9-21(2,3)17(15)7-10-26-11-8-18-19(23-14-22-18)20(26)16-12-24-25(4)13-16/h12-14,20H,5-11H2,1-4H3,(H,22,23)/t20-/m0/s1. The highest BCUT2D eigenvalue weighted by molar-refractivity contribution is 5.30. The van der Waals surface area contributed by atoms with Gasteiger partial charge in [-0.1, -0.05) is 25.0 Å². The van der Waals surface area contributed by atoms with Crippen LogP contribution in [0.4, 0.5) is 0 Å². The number of rotatable bonds is 4. The Morgan fingerprint density at radius 3 is 2.88 bits per heavy atom. The molecule has 0 spiro atoms.